The molecule has 3 nitrogen and oxygen atoms in total. The van der Waals surface area contributed by atoms with Gasteiger partial charge in [0.1, 0.15) is 5.76 Å². The molecule has 3 heteroatoms. The van der Waals surface area contributed by atoms with Gasteiger partial charge in [-0.15, -0.1) is 0 Å². The van der Waals surface area contributed by atoms with Gasteiger partial charge < -0.3 is 9.15 Å². The Morgan fingerprint density at radius 2 is 2.00 bits per heavy atom. The van der Waals surface area contributed by atoms with Crippen molar-refractivity contribution in [1.29, 1.82) is 0 Å². The summed E-state index contributed by atoms with van der Waals surface area (Å²) in [5.74, 6) is 0.409. The molecule has 0 radical (unpaired) electrons. The zero-order chi connectivity index (χ0) is 12.1. The van der Waals surface area contributed by atoms with Crippen LogP contribution in [0.3, 0.4) is 0 Å². The van der Waals surface area contributed by atoms with Gasteiger partial charge in [0, 0.05) is 0 Å². The molecule has 1 atom stereocenters. The summed E-state index contributed by atoms with van der Waals surface area (Å²) in [7, 11) is 0. The van der Waals surface area contributed by atoms with Crippen LogP contribution >= 0.6 is 0 Å². The van der Waals surface area contributed by atoms with Gasteiger partial charge in [-0.3, -0.25) is 4.79 Å². The minimum atomic E-state index is -0.346. The number of furan rings is 1. The van der Waals surface area contributed by atoms with Crippen LogP contribution in [-0.2, 0) is 16.0 Å². The lowest BCUT2D eigenvalue weighted by atomic mass is 10.1. The lowest BCUT2D eigenvalue weighted by molar-refractivity contribution is -0.148. The first-order valence-electron chi connectivity index (χ1n) is 5.52. The van der Waals surface area contributed by atoms with Gasteiger partial charge in [-0.25, -0.2) is 0 Å². The molecule has 0 fully saturated rings. The average molecular weight is 230 g/mol. The zero-order valence-corrected chi connectivity index (χ0v) is 9.63. The number of esters is 1. The van der Waals surface area contributed by atoms with Crippen LogP contribution in [0.25, 0.3) is 0 Å². The number of rotatable bonds is 4. The SMILES string of the molecule is C[C@H](OC(=O)Cc1ccccc1)c1ccco1. The molecule has 2 rings (SSSR count). The van der Waals surface area contributed by atoms with Gasteiger partial charge in [0.05, 0.1) is 12.7 Å². The van der Waals surface area contributed by atoms with Crippen molar-refractivity contribution >= 4 is 5.97 Å². The van der Waals surface area contributed by atoms with Crippen molar-refractivity contribution in [2.75, 3.05) is 0 Å². The molecule has 0 aliphatic heterocycles. The molecule has 88 valence electrons. The molecule has 0 aliphatic carbocycles. The van der Waals surface area contributed by atoms with E-state index in [0.29, 0.717) is 5.76 Å². The van der Waals surface area contributed by atoms with E-state index in [4.69, 9.17) is 9.15 Å². The Kier molecular flexibility index (Phi) is 3.60. The first-order chi connectivity index (χ1) is 8.25. The van der Waals surface area contributed by atoms with E-state index in [1.54, 1.807) is 25.3 Å². The van der Waals surface area contributed by atoms with Crippen LogP contribution in [-0.4, -0.2) is 5.97 Å². The fraction of sp³-hybridized carbons (Fsp3) is 0.214. The second kappa shape index (κ2) is 5.34. The third-order valence-corrected chi connectivity index (χ3v) is 2.44. The third-order valence-electron chi connectivity index (χ3n) is 2.44. The Balaban J connectivity index is 1.90. The van der Waals surface area contributed by atoms with Crippen LogP contribution in [0.15, 0.2) is 53.1 Å². The fourth-order valence-electron chi connectivity index (χ4n) is 1.58. The summed E-state index contributed by atoms with van der Waals surface area (Å²) >= 11 is 0. The van der Waals surface area contributed by atoms with Crippen molar-refractivity contribution in [2.45, 2.75) is 19.4 Å². The average Bonchev–Trinajstić information content (AvgIpc) is 2.83. The van der Waals surface area contributed by atoms with E-state index in [0.717, 1.165) is 5.56 Å². The Morgan fingerprint density at radius 1 is 1.24 bits per heavy atom. The molecule has 0 spiro atoms. The van der Waals surface area contributed by atoms with E-state index in [1.165, 1.54) is 0 Å². The number of carbonyl (C=O) groups excluding carboxylic acids is 1. The number of hydrogen-bond acceptors (Lipinski definition) is 3. The number of ether oxygens (including phenoxy) is 1. The topological polar surface area (TPSA) is 39.4 Å². The van der Waals surface area contributed by atoms with Crippen molar-refractivity contribution in [3.8, 4) is 0 Å². The summed E-state index contributed by atoms with van der Waals surface area (Å²) in [4.78, 5) is 11.7. The minimum absolute atomic E-state index is 0.250. The molecular formula is C14H14O3. The van der Waals surface area contributed by atoms with Gasteiger partial charge in [-0.05, 0) is 24.6 Å². The minimum Gasteiger partial charge on any atom is -0.465 e. The maximum Gasteiger partial charge on any atom is 0.310 e. The fourth-order valence-corrected chi connectivity index (χ4v) is 1.58. The predicted octanol–water partition coefficient (Wildman–Crippen LogP) is 3.13. The monoisotopic (exact) mass is 230 g/mol. The van der Waals surface area contributed by atoms with Crippen LogP contribution in [0.5, 0.6) is 0 Å². The second-order valence-corrected chi connectivity index (χ2v) is 3.81. The third kappa shape index (κ3) is 3.21. The molecule has 0 amide bonds. The molecule has 0 aliphatic rings. The lowest BCUT2D eigenvalue weighted by Gasteiger charge is -2.10. The Bertz CT molecular complexity index is 459. The normalized spacial score (nSPS) is 12.1. The van der Waals surface area contributed by atoms with Gasteiger partial charge in [0.15, 0.2) is 6.10 Å². The highest BCUT2D eigenvalue weighted by Gasteiger charge is 2.13. The Hall–Kier alpha value is -2.03. The summed E-state index contributed by atoms with van der Waals surface area (Å²) in [5.41, 5.74) is 0.948. The molecule has 2 aromatic rings. The molecular weight excluding hydrogens is 216 g/mol. The van der Waals surface area contributed by atoms with Gasteiger partial charge in [0.2, 0.25) is 0 Å². The number of carbonyl (C=O) groups is 1. The van der Waals surface area contributed by atoms with Crippen LogP contribution in [0.2, 0.25) is 0 Å². The highest BCUT2D eigenvalue weighted by molar-refractivity contribution is 5.72. The number of hydrogen-bond donors (Lipinski definition) is 0. The smallest absolute Gasteiger partial charge is 0.310 e. The molecule has 0 saturated carbocycles. The molecule has 0 saturated heterocycles. The Labute approximate surface area is 100 Å². The summed E-state index contributed by atoms with van der Waals surface area (Å²) in [6, 6.07) is 13.1. The quantitative estimate of drug-likeness (QED) is 0.757. The van der Waals surface area contributed by atoms with E-state index in [1.807, 2.05) is 30.3 Å². The molecule has 0 N–H and O–H groups in total. The standard InChI is InChI=1S/C14H14O3/c1-11(13-8-5-9-16-13)17-14(15)10-12-6-3-2-4-7-12/h2-9,11H,10H2,1H3/t11-/m0/s1. The first kappa shape index (κ1) is 11.5. The molecule has 0 unspecified atom stereocenters. The summed E-state index contributed by atoms with van der Waals surface area (Å²) in [5, 5.41) is 0. The highest BCUT2D eigenvalue weighted by atomic mass is 16.5. The first-order valence-corrected chi connectivity index (χ1v) is 5.52. The van der Waals surface area contributed by atoms with Crippen LogP contribution in [0.1, 0.15) is 24.4 Å². The van der Waals surface area contributed by atoms with Crippen LogP contribution < -0.4 is 0 Å². The second-order valence-electron chi connectivity index (χ2n) is 3.81. The van der Waals surface area contributed by atoms with E-state index < -0.39 is 0 Å². The zero-order valence-electron chi connectivity index (χ0n) is 9.63. The number of benzene rings is 1. The lowest BCUT2D eigenvalue weighted by Crippen LogP contribution is -2.10. The summed E-state index contributed by atoms with van der Waals surface area (Å²) in [6.07, 6.45) is 1.50. The summed E-state index contributed by atoms with van der Waals surface area (Å²) < 4.78 is 10.4. The Morgan fingerprint density at radius 3 is 2.65 bits per heavy atom. The molecule has 1 aromatic carbocycles. The van der Waals surface area contributed by atoms with Gasteiger partial charge >= 0.3 is 5.97 Å². The summed E-state index contributed by atoms with van der Waals surface area (Å²) in [6.45, 7) is 1.79. The molecule has 0 bridgehead atoms. The van der Waals surface area contributed by atoms with Gasteiger partial charge in [-0.2, -0.15) is 0 Å². The van der Waals surface area contributed by atoms with E-state index >= 15 is 0 Å². The van der Waals surface area contributed by atoms with Gasteiger partial charge in [-0.1, -0.05) is 30.3 Å². The van der Waals surface area contributed by atoms with Gasteiger partial charge in [0.25, 0.3) is 0 Å². The van der Waals surface area contributed by atoms with Crippen molar-refractivity contribution in [2.24, 2.45) is 0 Å². The largest absolute Gasteiger partial charge is 0.465 e. The van der Waals surface area contributed by atoms with Crippen molar-refractivity contribution < 1.29 is 13.9 Å². The van der Waals surface area contributed by atoms with E-state index in [-0.39, 0.29) is 18.5 Å². The predicted molar refractivity (Wildman–Crippen MR) is 63.4 cm³/mol. The highest BCUT2D eigenvalue weighted by Crippen LogP contribution is 2.17. The van der Waals surface area contributed by atoms with Crippen molar-refractivity contribution in [3.63, 3.8) is 0 Å². The van der Waals surface area contributed by atoms with E-state index in [9.17, 15) is 4.79 Å². The van der Waals surface area contributed by atoms with Crippen molar-refractivity contribution in [1.82, 2.24) is 0 Å². The molecule has 1 aromatic heterocycles. The van der Waals surface area contributed by atoms with Crippen molar-refractivity contribution in [3.05, 3.63) is 60.1 Å². The maximum absolute atomic E-state index is 11.7. The van der Waals surface area contributed by atoms with Crippen LogP contribution in [0, 0.1) is 0 Å². The molecule has 1 heterocycles. The maximum atomic E-state index is 11.7. The molecule has 17 heavy (non-hydrogen) atoms. The van der Waals surface area contributed by atoms with E-state index in [2.05, 4.69) is 0 Å². The van der Waals surface area contributed by atoms with Crippen LogP contribution in [0.4, 0.5) is 0 Å².